The molecule has 0 bridgehead atoms. The molecule has 20 heavy (non-hydrogen) atoms. The van der Waals surface area contributed by atoms with Crippen LogP contribution in [0.4, 0.5) is 5.82 Å². The van der Waals surface area contributed by atoms with Crippen molar-refractivity contribution in [1.82, 2.24) is 9.97 Å². The zero-order valence-electron chi connectivity index (χ0n) is 12.0. The minimum atomic E-state index is 0.657. The van der Waals surface area contributed by atoms with Gasteiger partial charge in [-0.05, 0) is 12.5 Å². The summed E-state index contributed by atoms with van der Waals surface area (Å²) < 4.78 is 15.6. The average Bonchev–Trinajstić information content (AvgIpc) is 2.50. The Bertz CT molecular complexity index is 575. The number of anilines is 1. The first-order valence-corrected chi connectivity index (χ1v) is 6.39. The van der Waals surface area contributed by atoms with Gasteiger partial charge in [-0.1, -0.05) is 0 Å². The molecule has 1 aromatic carbocycles. The van der Waals surface area contributed by atoms with Crippen LogP contribution in [0.5, 0.6) is 11.5 Å². The summed E-state index contributed by atoms with van der Waals surface area (Å²) in [5, 5.41) is 4.19. The highest BCUT2D eigenvalue weighted by Crippen LogP contribution is 2.33. The molecule has 0 fully saturated rings. The van der Waals surface area contributed by atoms with Crippen molar-refractivity contribution >= 4 is 16.7 Å². The van der Waals surface area contributed by atoms with Gasteiger partial charge in [-0.3, -0.25) is 0 Å². The van der Waals surface area contributed by atoms with Crippen LogP contribution in [0.15, 0.2) is 18.5 Å². The van der Waals surface area contributed by atoms with Gasteiger partial charge < -0.3 is 19.5 Å². The van der Waals surface area contributed by atoms with Gasteiger partial charge in [-0.2, -0.15) is 0 Å². The summed E-state index contributed by atoms with van der Waals surface area (Å²) in [6.07, 6.45) is 2.45. The maximum atomic E-state index is 5.31. The molecular formula is C14H19N3O3. The van der Waals surface area contributed by atoms with Gasteiger partial charge in [0.05, 0.1) is 19.7 Å². The molecule has 0 saturated heterocycles. The molecule has 0 unspecified atom stereocenters. The van der Waals surface area contributed by atoms with Crippen molar-refractivity contribution < 1.29 is 14.2 Å². The quantitative estimate of drug-likeness (QED) is 0.782. The SMILES string of the molecule is COCCCNc1ncnc2cc(OC)c(OC)cc12. The molecule has 0 radical (unpaired) electrons. The normalized spacial score (nSPS) is 10.6. The predicted octanol–water partition coefficient (Wildman–Crippen LogP) is 2.10. The summed E-state index contributed by atoms with van der Waals surface area (Å²) in [6.45, 7) is 1.50. The van der Waals surface area contributed by atoms with Crippen molar-refractivity contribution in [3.05, 3.63) is 18.5 Å². The molecule has 0 aliphatic heterocycles. The van der Waals surface area contributed by atoms with E-state index in [2.05, 4.69) is 15.3 Å². The molecule has 0 aliphatic rings. The van der Waals surface area contributed by atoms with Crippen LogP contribution in [0.2, 0.25) is 0 Å². The molecule has 0 aliphatic carbocycles. The van der Waals surface area contributed by atoms with Crippen LogP contribution in [0.3, 0.4) is 0 Å². The van der Waals surface area contributed by atoms with Crippen LogP contribution >= 0.6 is 0 Å². The zero-order chi connectivity index (χ0) is 14.4. The fourth-order valence-electron chi connectivity index (χ4n) is 1.95. The van der Waals surface area contributed by atoms with Crippen molar-refractivity contribution in [3.63, 3.8) is 0 Å². The number of benzene rings is 1. The third-order valence-corrected chi connectivity index (χ3v) is 2.96. The summed E-state index contributed by atoms with van der Waals surface area (Å²) in [5.41, 5.74) is 0.812. The smallest absolute Gasteiger partial charge is 0.162 e. The van der Waals surface area contributed by atoms with Gasteiger partial charge in [0.15, 0.2) is 11.5 Å². The van der Waals surface area contributed by atoms with Crippen molar-refractivity contribution in [2.45, 2.75) is 6.42 Å². The van der Waals surface area contributed by atoms with Gasteiger partial charge in [0, 0.05) is 31.7 Å². The Kier molecular flexibility index (Phi) is 4.95. The first kappa shape index (κ1) is 14.3. The van der Waals surface area contributed by atoms with Gasteiger partial charge in [-0.15, -0.1) is 0 Å². The van der Waals surface area contributed by atoms with E-state index in [1.165, 1.54) is 6.33 Å². The number of ether oxygens (including phenoxy) is 3. The Balaban J connectivity index is 2.30. The fraction of sp³-hybridized carbons (Fsp3) is 0.429. The van der Waals surface area contributed by atoms with E-state index < -0.39 is 0 Å². The Morgan fingerprint density at radius 1 is 1.05 bits per heavy atom. The van der Waals surface area contributed by atoms with Crippen LogP contribution in [-0.2, 0) is 4.74 Å². The maximum absolute atomic E-state index is 5.31. The van der Waals surface area contributed by atoms with E-state index >= 15 is 0 Å². The second kappa shape index (κ2) is 6.91. The highest BCUT2D eigenvalue weighted by molar-refractivity contribution is 5.91. The second-order valence-corrected chi connectivity index (χ2v) is 4.22. The number of fused-ring (bicyclic) bond motifs is 1. The van der Waals surface area contributed by atoms with Crippen molar-refractivity contribution in [2.24, 2.45) is 0 Å². The Labute approximate surface area is 118 Å². The highest BCUT2D eigenvalue weighted by atomic mass is 16.5. The van der Waals surface area contributed by atoms with E-state index in [1.807, 2.05) is 12.1 Å². The molecule has 2 aromatic rings. The Morgan fingerprint density at radius 3 is 2.50 bits per heavy atom. The lowest BCUT2D eigenvalue weighted by Gasteiger charge is -2.11. The molecule has 6 nitrogen and oxygen atoms in total. The predicted molar refractivity (Wildman–Crippen MR) is 77.6 cm³/mol. The number of hydrogen-bond donors (Lipinski definition) is 1. The Morgan fingerprint density at radius 2 is 1.80 bits per heavy atom. The van der Waals surface area contributed by atoms with E-state index in [4.69, 9.17) is 14.2 Å². The van der Waals surface area contributed by atoms with E-state index in [9.17, 15) is 0 Å². The lowest BCUT2D eigenvalue weighted by Crippen LogP contribution is -2.07. The molecule has 0 atom stereocenters. The van der Waals surface area contributed by atoms with Crippen molar-refractivity contribution in [1.29, 1.82) is 0 Å². The number of methoxy groups -OCH3 is 3. The fourth-order valence-corrected chi connectivity index (χ4v) is 1.95. The van der Waals surface area contributed by atoms with Gasteiger partial charge >= 0.3 is 0 Å². The summed E-state index contributed by atoms with van der Waals surface area (Å²) in [5.74, 6) is 2.10. The lowest BCUT2D eigenvalue weighted by molar-refractivity contribution is 0.198. The maximum Gasteiger partial charge on any atom is 0.162 e. The van der Waals surface area contributed by atoms with E-state index in [1.54, 1.807) is 21.3 Å². The van der Waals surface area contributed by atoms with Gasteiger partial charge in [-0.25, -0.2) is 9.97 Å². The third-order valence-electron chi connectivity index (χ3n) is 2.96. The zero-order valence-corrected chi connectivity index (χ0v) is 12.0. The van der Waals surface area contributed by atoms with Crippen LogP contribution in [0.1, 0.15) is 6.42 Å². The van der Waals surface area contributed by atoms with E-state index in [-0.39, 0.29) is 0 Å². The monoisotopic (exact) mass is 277 g/mol. The second-order valence-electron chi connectivity index (χ2n) is 4.22. The molecule has 108 valence electrons. The Hall–Kier alpha value is -2.08. The highest BCUT2D eigenvalue weighted by Gasteiger charge is 2.10. The van der Waals surface area contributed by atoms with E-state index in [0.29, 0.717) is 18.1 Å². The van der Waals surface area contributed by atoms with Crippen molar-refractivity contribution in [3.8, 4) is 11.5 Å². The molecular weight excluding hydrogens is 258 g/mol. The number of aromatic nitrogens is 2. The average molecular weight is 277 g/mol. The number of nitrogens with zero attached hydrogens (tertiary/aromatic N) is 2. The lowest BCUT2D eigenvalue weighted by atomic mass is 10.2. The standard InChI is InChI=1S/C14H19N3O3/c1-18-6-4-5-15-14-10-7-12(19-2)13(20-3)8-11(10)16-9-17-14/h7-9H,4-6H2,1-3H3,(H,15,16,17). The van der Waals surface area contributed by atoms with Gasteiger partial charge in [0.1, 0.15) is 12.1 Å². The van der Waals surface area contributed by atoms with Crippen LogP contribution in [0, 0.1) is 0 Å². The summed E-state index contributed by atoms with van der Waals surface area (Å²) >= 11 is 0. The first-order valence-electron chi connectivity index (χ1n) is 6.39. The summed E-state index contributed by atoms with van der Waals surface area (Å²) in [7, 11) is 4.91. The molecule has 1 heterocycles. The van der Waals surface area contributed by atoms with E-state index in [0.717, 1.165) is 29.7 Å². The van der Waals surface area contributed by atoms with Crippen molar-refractivity contribution in [2.75, 3.05) is 39.8 Å². The molecule has 0 saturated carbocycles. The molecule has 1 N–H and O–H groups in total. The minimum Gasteiger partial charge on any atom is -0.493 e. The number of nitrogens with one attached hydrogen (secondary N) is 1. The number of hydrogen-bond acceptors (Lipinski definition) is 6. The van der Waals surface area contributed by atoms with Crippen LogP contribution < -0.4 is 14.8 Å². The third kappa shape index (κ3) is 3.08. The summed E-state index contributed by atoms with van der Waals surface area (Å²) in [4.78, 5) is 8.53. The largest absolute Gasteiger partial charge is 0.493 e. The molecule has 2 rings (SSSR count). The van der Waals surface area contributed by atoms with Crippen LogP contribution in [0.25, 0.3) is 10.9 Å². The molecule has 1 aromatic heterocycles. The van der Waals surface area contributed by atoms with Gasteiger partial charge in [0.2, 0.25) is 0 Å². The topological polar surface area (TPSA) is 65.5 Å². The minimum absolute atomic E-state index is 0.657. The molecule has 0 amide bonds. The van der Waals surface area contributed by atoms with Gasteiger partial charge in [0.25, 0.3) is 0 Å². The first-order chi connectivity index (χ1) is 9.80. The molecule has 0 spiro atoms. The molecule has 6 heteroatoms. The summed E-state index contributed by atoms with van der Waals surface area (Å²) in [6, 6.07) is 3.73. The van der Waals surface area contributed by atoms with Crippen LogP contribution in [-0.4, -0.2) is 44.4 Å². The number of rotatable bonds is 7.